The van der Waals surface area contributed by atoms with Crippen molar-refractivity contribution in [3.63, 3.8) is 0 Å². The van der Waals surface area contributed by atoms with Crippen molar-refractivity contribution in [1.82, 2.24) is 5.32 Å². The summed E-state index contributed by atoms with van der Waals surface area (Å²) in [5.74, 6) is 0.0997. The van der Waals surface area contributed by atoms with Crippen molar-refractivity contribution < 1.29 is 27.4 Å². The summed E-state index contributed by atoms with van der Waals surface area (Å²) in [5.41, 5.74) is 0.557. The highest BCUT2D eigenvalue weighted by Crippen LogP contribution is 2.33. The topological polar surface area (TPSA) is 47.6 Å². The molecule has 1 N–H and O–H groups in total. The van der Waals surface area contributed by atoms with Gasteiger partial charge in [0.1, 0.15) is 12.4 Å². The van der Waals surface area contributed by atoms with Crippen molar-refractivity contribution in [2.75, 3.05) is 13.7 Å². The molecule has 0 aliphatic rings. The molecule has 0 saturated carbocycles. The molecular weight excluding hydrogens is 347 g/mol. The number of hydrogen-bond acceptors (Lipinski definition) is 3. The van der Waals surface area contributed by atoms with Crippen LogP contribution in [0.15, 0.2) is 54.6 Å². The molecule has 7 heteroatoms. The maximum absolute atomic E-state index is 12.7. The second-order valence-corrected chi connectivity index (χ2v) is 5.30. The van der Waals surface area contributed by atoms with Crippen LogP contribution in [-0.4, -0.2) is 19.7 Å². The van der Waals surface area contributed by atoms with E-state index in [-0.39, 0.29) is 18.9 Å². The van der Waals surface area contributed by atoms with Gasteiger partial charge in [-0.25, -0.2) is 4.79 Å². The number of alkyl halides is 3. The number of benzene rings is 2. The van der Waals surface area contributed by atoms with E-state index in [2.05, 4.69) is 5.32 Å². The van der Waals surface area contributed by atoms with Gasteiger partial charge in [0.05, 0.1) is 12.7 Å². The highest BCUT2D eigenvalue weighted by molar-refractivity contribution is 5.68. The molecule has 2 aromatic rings. The van der Waals surface area contributed by atoms with Crippen molar-refractivity contribution in [2.24, 2.45) is 0 Å². The Bertz CT molecular complexity index is 758. The van der Waals surface area contributed by atoms with Crippen molar-refractivity contribution >= 4 is 12.2 Å². The third-order valence-corrected chi connectivity index (χ3v) is 3.44. The SMILES string of the molecule is COc1cc(C(F)(F)F)ccc1C=CCNC(=O)OCc1ccccc1. The van der Waals surface area contributed by atoms with Gasteiger partial charge >= 0.3 is 12.3 Å². The van der Waals surface area contributed by atoms with Crippen LogP contribution < -0.4 is 10.1 Å². The van der Waals surface area contributed by atoms with Crippen LogP contribution in [0, 0.1) is 0 Å². The van der Waals surface area contributed by atoms with Crippen LogP contribution in [0.2, 0.25) is 0 Å². The summed E-state index contributed by atoms with van der Waals surface area (Å²) < 4.78 is 48.1. The molecule has 2 aromatic carbocycles. The second kappa shape index (κ2) is 8.94. The van der Waals surface area contributed by atoms with Crippen LogP contribution in [0.4, 0.5) is 18.0 Å². The molecule has 1 amide bonds. The Morgan fingerprint density at radius 1 is 1.15 bits per heavy atom. The van der Waals surface area contributed by atoms with E-state index in [1.807, 2.05) is 30.3 Å². The van der Waals surface area contributed by atoms with Crippen LogP contribution in [0.5, 0.6) is 5.75 Å². The molecule has 0 bridgehead atoms. The van der Waals surface area contributed by atoms with Gasteiger partial charge in [-0.1, -0.05) is 48.6 Å². The first-order chi connectivity index (χ1) is 12.4. The molecule has 0 fully saturated rings. The van der Waals surface area contributed by atoms with Crippen LogP contribution >= 0.6 is 0 Å². The Kier molecular flexibility index (Phi) is 6.66. The van der Waals surface area contributed by atoms with Crippen molar-refractivity contribution in [3.05, 3.63) is 71.3 Å². The lowest BCUT2D eigenvalue weighted by molar-refractivity contribution is -0.137. The minimum Gasteiger partial charge on any atom is -0.496 e. The summed E-state index contributed by atoms with van der Waals surface area (Å²) in [4.78, 5) is 11.6. The molecule has 26 heavy (non-hydrogen) atoms. The van der Waals surface area contributed by atoms with Crippen molar-refractivity contribution in [3.8, 4) is 5.75 Å². The minimum absolute atomic E-state index is 0.0997. The Labute approximate surface area is 149 Å². The molecule has 0 aromatic heterocycles. The molecule has 0 aliphatic carbocycles. The fourth-order valence-corrected chi connectivity index (χ4v) is 2.13. The van der Waals surface area contributed by atoms with Crippen LogP contribution in [0.1, 0.15) is 16.7 Å². The van der Waals surface area contributed by atoms with Gasteiger partial charge in [-0.15, -0.1) is 0 Å². The van der Waals surface area contributed by atoms with Gasteiger partial charge in [-0.3, -0.25) is 0 Å². The smallest absolute Gasteiger partial charge is 0.416 e. The molecule has 0 heterocycles. The molecule has 138 valence electrons. The Hall–Kier alpha value is -2.96. The molecule has 0 saturated heterocycles. The van der Waals surface area contributed by atoms with Gasteiger partial charge in [-0.2, -0.15) is 13.2 Å². The highest BCUT2D eigenvalue weighted by Gasteiger charge is 2.31. The summed E-state index contributed by atoms with van der Waals surface area (Å²) in [6.45, 7) is 0.320. The number of carbonyl (C=O) groups is 1. The van der Waals surface area contributed by atoms with E-state index in [4.69, 9.17) is 9.47 Å². The van der Waals surface area contributed by atoms with Crippen LogP contribution in [-0.2, 0) is 17.5 Å². The third kappa shape index (κ3) is 5.84. The van der Waals surface area contributed by atoms with Crippen molar-refractivity contribution in [2.45, 2.75) is 12.8 Å². The maximum atomic E-state index is 12.7. The molecule has 0 spiro atoms. The Balaban J connectivity index is 1.85. The van der Waals surface area contributed by atoms with Gasteiger partial charge < -0.3 is 14.8 Å². The molecule has 0 atom stereocenters. The van der Waals surface area contributed by atoms with Gasteiger partial charge in [0.15, 0.2) is 0 Å². The van der Waals surface area contributed by atoms with E-state index in [0.29, 0.717) is 5.56 Å². The summed E-state index contributed by atoms with van der Waals surface area (Å²) in [7, 11) is 1.30. The van der Waals surface area contributed by atoms with Crippen LogP contribution in [0.25, 0.3) is 6.08 Å². The third-order valence-electron chi connectivity index (χ3n) is 3.44. The molecular formula is C19H18F3NO3. The lowest BCUT2D eigenvalue weighted by Crippen LogP contribution is -2.24. The predicted molar refractivity (Wildman–Crippen MR) is 91.7 cm³/mol. The first kappa shape index (κ1) is 19.4. The lowest BCUT2D eigenvalue weighted by Gasteiger charge is -2.10. The zero-order valence-electron chi connectivity index (χ0n) is 14.0. The number of carbonyl (C=O) groups excluding carboxylic acids is 1. The normalized spacial score (nSPS) is 11.4. The van der Waals surface area contributed by atoms with Gasteiger partial charge in [-0.05, 0) is 17.7 Å². The maximum Gasteiger partial charge on any atom is 0.416 e. The minimum atomic E-state index is -4.43. The standard InChI is InChI=1S/C19H18F3NO3/c1-25-17-12-16(19(20,21)22)10-9-15(17)8-5-11-23-18(24)26-13-14-6-3-2-4-7-14/h2-10,12H,11,13H2,1H3,(H,23,24). The average molecular weight is 365 g/mol. The summed E-state index contributed by atoms with van der Waals surface area (Å²) >= 11 is 0. The van der Waals surface area contributed by atoms with Gasteiger partial charge in [0.25, 0.3) is 0 Å². The largest absolute Gasteiger partial charge is 0.496 e. The van der Waals surface area contributed by atoms with E-state index in [1.165, 1.54) is 13.2 Å². The first-order valence-corrected chi connectivity index (χ1v) is 7.76. The van der Waals surface area contributed by atoms with E-state index >= 15 is 0 Å². The number of halogens is 3. The second-order valence-electron chi connectivity index (χ2n) is 5.30. The molecule has 2 rings (SSSR count). The predicted octanol–water partition coefficient (Wildman–Crippen LogP) is 4.65. The molecule has 4 nitrogen and oxygen atoms in total. The number of rotatable bonds is 6. The zero-order valence-corrected chi connectivity index (χ0v) is 14.0. The number of ether oxygens (including phenoxy) is 2. The number of hydrogen-bond donors (Lipinski definition) is 1. The Morgan fingerprint density at radius 3 is 2.54 bits per heavy atom. The lowest BCUT2D eigenvalue weighted by atomic mass is 10.1. The fraction of sp³-hybridized carbons (Fsp3) is 0.211. The zero-order chi connectivity index (χ0) is 19.0. The fourth-order valence-electron chi connectivity index (χ4n) is 2.13. The van der Waals surface area contributed by atoms with Gasteiger partial charge in [0, 0.05) is 12.1 Å². The van der Waals surface area contributed by atoms with E-state index in [0.717, 1.165) is 17.7 Å². The van der Waals surface area contributed by atoms with Crippen molar-refractivity contribution in [1.29, 1.82) is 0 Å². The molecule has 0 aliphatic heterocycles. The average Bonchev–Trinajstić information content (AvgIpc) is 2.63. The summed E-state index contributed by atoms with van der Waals surface area (Å²) in [5, 5.41) is 2.53. The quantitative estimate of drug-likeness (QED) is 0.810. The van der Waals surface area contributed by atoms with Gasteiger partial charge in [0.2, 0.25) is 0 Å². The Morgan fingerprint density at radius 2 is 1.88 bits per heavy atom. The number of methoxy groups -OCH3 is 1. The molecule has 0 unspecified atom stereocenters. The monoisotopic (exact) mass is 365 g/mol. The highest BCUT2D eigenvalue weighted by atomic mass is 19.4. The number of amides is 1. The van der Waals surface area contributed by atoms with E-state index in [1.54, 1.807) is 12.2 Å². The van der Waals surface area contributed by atoms with E-state index in [9.17, 15) is 18.0 Å². The molecule has 0 radical (unpaired) electrons. The van der Waals surface area contributed by atoms with E-state index < -0.39 is 17.8 Å². The van der Waals surface area contributed by atoms with Crippen LogP contribution in [0.3, 0.4) is 0 Å². The summed E-state index contributed by atoms with van der Waals surface area (Å²) in [6.07, 6.45) is -1.86. The number of nitrogens with one attached hydrogen (secondary N) is 1. The number of alkyl carbamates (subject to hydrolysis) is 1. The summed E-state index contributed by atoms with van der Waals surface area (Å²) in [6, 6.07) is 12.4. The first-order valence-electron chi connectivity index (χ1n) is 7.76.